The van der Waals surface area contributed by atoms with Crippen molar-refractivity contribution in [1.82, 2.24) is 0 Å². The Labute approximate surface area is 294 Å². The van der Waals surface area contributed by atoms with Gasteiger partial charge in [0.15, 0.2) is 0 Å². The standard InChI is InChI=1S/C46H90/c1-4-7-10-13-16-19-22-25-26-27-30-33-36-39-42-45-46(43-40-37-34-31-28-23-20-17-14-11-8-5-2)44-41-38-35-32-29-24-21-18-15-12-9-6-3/h25-26,40,43,46H,4-24,27-39,41-42,44-45H2,1-3H3/b26-25-,43-40?. The van der Waals surface area contributed by atoms with Crippen molar-refractivity contribution in [2.24, 2.45) is 5.92 Å². The first-order valence-electron chi connectivity index (χ1n) is 22.2. The van der Waals surface area contributed by atoms with Crippen molar-refractivity contribution in [2.75, 3.05) is 0 Å². The predicted molar refractivity (Wildman–Crippen MR) is 214 cm³/mol. The first-order chi connectivity index (χ1) is 22.8. The third-order valence-electron chi connectivity index (χ3n) is 10.4. The molecule has 1 unspecified atom stereocenters. The summed E-state index contributed by atoms with van der Waals surface area (Å²) in [5.41, 5.74) is 0. The van der Waals surface area contributed by atoms with Crippen LogP contribution in [0.4, 0.5) is 0 Å². The van der Waals surface area contributed by atoms with E-state index in [4.69, 9.17) is 0 Å². The predicted octanol–water partition coefficient (Wildman–Crippen LogP) is 17.6. The van der Waals surface area contributed by atoms with Crippen LogP contribution in [-0.2, 0) is 0 Å². The highest BCUT2D eigenvalue weighted by Gasteiger charge is 2.05. The van der Waals surface area contributed by atoms with Crippen LogP contribution in [-0.4, -0.2) is 0 Å². The lowest BCUT2D eigenvalue weighted by molar-refractivity contribution is 0.463. The van der Waals surface area contributed by atoms with Crippen LogP contribution in [0.5, 0.6) is 0 Å². The van der Waals surface area contributed by atoms with E-state index < -0.39 is 0 Å². The molecule has 0 nitrogen and oxygen atoms in total. The molecule has 0 saturated carbocycles. The lowest BCUT2D eigenvalue weighted by atomic mass is 9.93. The molecule has 0 spiro atoms. The third-order valence-corrected chi connectivity index (χ3v) is 10.4. The number of unbranched alkanes of at least 4 members (excludes halogenated alkanes) is 32. The monoisotopic (exact) mass is 643 g/mol. The molecule has 0 aromatic rings. The van der Waals surface area contributed by atoms with Gasteiger partial charge in [0.05, 0.1) is 0 Å². The van der Waals surface area contributed by atoms with Gasteiger partial charge in [-0.1, -0.05) is 238 Å². The molecule has 0 aliphatic carbocycles. The van der Waals surface area contributed by atoms with Gasteiger partial charge in [-0.2, -0.15) is 0 Å². The van der Waals surface area contributed by atoms with Crippen molar-refractivity contribution in [3.63, 3.8) is 0 Å². The van der Waals surface area contributed by atoms with E-state index in [-0.39, 0.29) is 0 Å². The molecule has 0 N–H and O–H groups in total. The molecule has 1 atom stereocenters. The fourth-order valence-electron chi connectivity index (χ4n) is 7.10. The van der Waals surface area contributed by atoms with Gasteiger partial charge in [-0.25, -0.2) is 0 Å². The Bertz CT molecular complexity index is 571. The summed E-state index contributed by atoms with van der Waals surface area (Å²) in [6, 6.07) is 0. The van der Waals surface area contributed by atoms with Gasteiger partial charge in [0, 0.05) is 0 Å². The van der Waals surface area contributed by atoms with E-state index in [1.54, 1.807) is 0 Å². The van der Waals surface area contributed by atoms with Crippen LogP contribution in [0, 0.1) is 5.92 Å². The molecule has 46 heavy (non-hydrogen) atoms. The first-order valence-corrected chi connectivity index (χ1v) is 22.2. The van der Waals surface area contributed by atoms with Gasteiger partial charge in [0.2, 0.25) is 0 Å². The first kappa shape index (κ1) is 45.5. The zero-order chi connectivity index (χ0) is 33.3. The molecule has 0 fully saturated rings. The Morgan fingerprint density at radius 2 is 0.500 bits per heavy atom. The van der Waals surface area contributed by atoms with Crippen LogP contribution in [0.15, 0.2) is 24.3 Å². The SMILES string of the molecule is CCCCCCCC/C=C\CCCCCCCC(C=CCCCCCCCCCCCC)CCCCCCCCCCCCCC. The Hall–Kier alpha value is -0.520. The van der Waals surface area contributed by atoms with E-state index in [1.807, 2.05) is 0 Å². The molecular weight excluding hydrogens is 553 g/mol. The van der Waals surface area contributed by atoms with Gasteiger partial charge < -0.3 is 0 Å². The third kappa shape index (κ3) is 39.7. The second kappa shape index (κ2) is 42.5. The van der Waals surface area contributed by atoms with Gasteiger partial charge in [-0.15, -0.1) is 0 Å². The zero-order valence-corrected chi connectivity index (χ0v) is 32.8. The minimum absolute atomic E-state index is 0.844. The van der Waals surface area contributed by atoms with Crippen molar-refractivity contribution in [3.05, 3.63) is 24.3 Å². The van der Waals surface area contributed by atoms with E-state index in [9.17, 15) is 0 Å². The molecule has 0 rings (SSSR count). The number of hydrogen-bond donors (Lipinski definition) is 0. The Kier molecular flexibility index (Phi) is 42.0. The van der Waals surface area contributed by atoms with E-state index in [0.717, 1.165) is 5.92 Å². The van der Waals surface area contributed by atoms with Crippen molar-refractivity contribution in [2.45, 2.75) is 265 Å². The summed E-state index contributed by atoms with van der Waals surface area (Å²) in [5, 5.41) is 0. The second-order valence-electron chi connectivity index (χ2n) is 15.2. The smallest absolute Gasteiger partial charge is 0.0234 e. The van der Waals surface area contributed by atoms with Gasteiger partial charge in [0.25, 0.3) is 0 Å². The zero-order valence-electron chi connectivity index (χ0n) is 32.8. The minimum Gasteiger partial charge on any atom is -0.0885 e. The van der Waals surface area contributed by atoms with Crippen LogP contribution in [0.1, 0.15) is 265 Å². The fourth-order valence-corrected chi connectivity index (χ4v) is 7.10. The number of allylic oxidation sites excluding steroid dienone is 4. The molecule has 0 aromatic carbocycles. The number of hydrogen-bond acceptors (Lipinski definition) is 0. The Morgan fingerprint density at radius 3 is 0.804 bits per heavy atom. The van der Waals surface area contributed by atoms with E-state index >= 15 is 0 Å². The minimum atomic E-state index is 0.844. The van der Waals surface area contributed by atoms with Gasteiger partial charge >= 0.3 is 0 Å². The molecule has 0 heterocycles. The largest absolute Gasteiger partial charge is 0.0885 e. The van der Waals surface area contributed by atoms with Crippen molar-refractivity contribution in [1.29, 1.82) is 0 Å². The maximum Gasteiger partial charge on any atom is -0.0234 e. The lowest BCUT2D eigenvalue weighted by Crippen LogP contribution is -1.98. The van der Waals surface area contributed by atoms with Crippen LogP contribution in [0.3, 0.4) is 0 Å². The summed E-state index contributed by atoms with van der Waals surface area (Å²) < 4.78 is 0. The van der Waals surface area contributed by atoms with Crippen molar-refractivity contribution in [3.8, 4) is 0 Å². The molecule has 0 aromatic heterocycles. The van der Waals surface area contributed by atoms with E-state index in [0.29, 0.717) is 0 Å². The van der Waals surface area contributed by atoms with Crippen LogP contribution < -0.4 is 0 Å². The highest BCUT2D eigenvalue weighted by Crippen LogP contribution is 2.22. The lowest BCUT2D eigenvalue weighted by Gasteiger charge is -2.13. The number of rotatable bonds is 40. The van der Waals surface area contributed by atoms with Gasteiger partial charge in [-0.3, -0.25) is 0 Å². The van der Waals surface area contributed by atoms with Crippen molar-refractivity contribution < 1.29 is 0 Å². The maximum absolute atomic E-state index is 2.65. The second-order valence-corrected chi connectivity index (χ2v) is 15.2. The van der Waals surface area contributed by atoms with Crippen LogP contribution in [0.25, 0.3) is 0 Å². The fraction of sp³-hybridized carbons (Fsp3) is 0.913. The normalized spacial score (nSPS) is 12.7. The summed E-state index contributed by atoms with van der Waals surface area (Å²) in [6.07, 6.45) is 64.6. The summed E-state index contributed by atoms with van der Waals surface area (Å²) in [6.45, 7) is 6.94. The molecule has 0 saturated heterocycles. The summed E-state index contributed by atoms with van der Waals surface area (Å²) in [7, 11) is 0. The van der Waals surface area contributed by atoms with Gasteiger partial charge in [0.1, 0.15) is 0 Å². The summed E-state index contributed by atoms with van der Waals surface area (Å²) >= 11 is 0. The molecule has 0 aliphatic rings. The molecule has 0 radical (unpaired) electrons. The maximum atomic E-state index is 2.65. The molecule has 0 amide bonds. The average Bonchev–Trinajstić information content (AvgIpc) is 3.07. The highest BCUT2D eigenvalue weighted by atomic mass is 14.1. The van der Waals surface area contributed by atoms with Crippen LogP contribution in [0.2, 0.25) is 0 Å². The Balaban J connectivity index is 4.02. The van der Waals surface area contributed by atoms with Gasteiger partial charge in [-0.05, 0) is 57.3 Å². The molecule has 0 aliphatic heterocycles. The quantitative estimate of drug-likeness (QED) is 0.0461. The van der Waals surface area contributed by atoms with E-state index in [1.165, 1.54) is 244 Å². The molecule has 274 valence electrons. The van der Waals surface area contributed by atoms with Crippen molar-refractivity contribution >= 4 is 0 Å². The summed E-state index contributed by atoms with van der Waals surface area (Å²) in [5.74, 6) is 0.844. The molecular formula is C46H90. The topological polar surface area (TPSA) is 0 Å². The van der Waals surface area contributed by atoms with Crippen LogP contribution >= 0.6 is 0 Å². The average molecular weight is 643 g/mol. The molecule has 0 heteroatoms. The Morgan fingerprint density at radius 1 is 0.261 bits per heavy atom. The highest BCUT2D eigenvalue weighted by molar-refractivity contribution is 4.88. The summed E-state index contributed by atoms with van der Waals surface area (Å²) in [4.78, 5) is 0. The van der Waals surface area contributed by atoms with E-state index in [2.05, 4.69) is 45.1 Å². The molecule has 0 bridgehead atoms.